The second kappa shape index (κ2) is 9.63. The molecule has 0 radical (unpaired) electrons. The summed E-state index contributed by atoms with van der Waals surface area (Å²) in [5, 5.41) is 5.72. The Labute approximate surface area is 169 Å². The summed E-state index contributed by atoms with van der Waals surface area (Å²) >= 11 is 0. The minimum absolute atomic E-state index is 0.182. The van der Waals surface area contributed by atoms with E-state index in [-0.39, 0.29) is 5.69 Å². The summed E-state index contributed by atoms with van der Waals surface area (Å²) in [6.07, 6.45) is -3.35. The van der Waals surface area contributed by atoms with Gasteiger partial charge in [0.05, 0.1) is 33.1 Å². The van der Waals surface area contributed by atoms with E-state index in [1.807, 2.05) is 5.43 Å². The van der Waals surface area contributed by atoms with E-state index in [0.717, 1.165) is 12.1 Å². The van der Waals surface area contributed by atoms with Crippen molar-refractivity contribution in [3.05, 3.63) is 47.5 Å². The molecule has 8 nitrogen and oxygen atoms in total. The molecule has 0 saturated heterocycles. The molecule has 2 N–H and O–H groups in total. The Bertz CT molecular complexity index is 936. The number of carbonyl (C=O) groups is 2. The lowest BCUT2D eigenvalue weighted by molar-refractivity contribution is -0.137. The lowest BCUT2D eigenvalue weighted by Crippen LogP contribution is -2.32. The Kier molecular flexibility index (Phi) is 7.23. The van der Waals surface area contributed by atoms with Crippen LogP contribution in [0.1, 0.15) is 11.1 Å². The van der Waals surface area contributed by atoms with Crippen molar-refractivity contribution in [2.24, 2.45) is 5.10 Å². The number of benzene rings is 2. The van der Waals surface area contributed by atoms with E-state index < -0.39 is 23.6 Å². The molecule has 0 unspecified atom stereocenters. The van der Waals surface area contributed by atoms with Crippen molar-refractivity contribution in [3.63, 3.8) is 0 Å². The van der Waals surface area contributed by atoms with Gasteiger partial charge >= 0.3 is 18.0 Å². The molecule has 2 aromatic carbocycles. The maximum Gasteiger partial charge on any atom is 0.416 e. The fourth-order valence-electron chi connectivity index (χ4n) is 2.35. The number of hydrogen-bond acceptors (Lipinski definition) is 6. The first-order valence-corrected chi connectivity index (χ1v) is 8.31. The lowest BCUT2D eigenvalue weighted by Gasteiger charge is -2.12. The molecule has 0 aromatic heterocycles. The minimum Gasteiger partial charge on any atom is -0.493 e. The van der Waals surface area contributed by atoms with Crippen molar-refractivity contribution in [2.75, 3.05) is 26.6 Å². The molecule has 2 aromatic rings. The Morgan fingerprint density at radius 1 is 0.967 bits per heavy atom. The number of ether oxygens (including phenoxy) is 3. The minimum atomic E-state index is -4.58. The van der Waals surface area contributed by atoms with Crippen LogP contribution in [0.25, 0.3) is 0 Å². The number of nitrogens with one attached hydrogen (secondary N) is 2. The third kappa shape index (κ3) is 5.63. The van der Waals surface area contributed by atoms with Crippen molar-refractivity contribution in [1.82, 2.24) is 5.43 Å². The van der Waals surface area contributed by atoms with Gasteiger partial charge in [0, 0.05) is 11.3 Å². The molecule has 11 heteroatoms. The average Bonchev–Trinajstić information content (AvgIpc) is 2.72. The van der Waals surface area contributed by atoms with Crippen molar-refractivity contribution >= 4 is 23.7 Å². The Morgan fingerprint density at radius 3 is 2.13 bits per heavy atom. The number of halogens is 3. The van der Waals surface area contributed by atoms with Gasteiger partial charge in [0.2, 0.25) is 5.75 Å². The number of nitrogens with zero attached hydrogens (tertiary/aromatic N) is 1. The first-order chi connectivity index (χ1) is 14.2. The normalized spacial score (nSPS) is 11.1. The van der Waals surface area contributed by atoms with E-state index in [2.05, 4.69) is 10.4 Å². The van der Waals surface area contributed by atoms with Gasteiger partial charge in [0.1, 0.15) is 0 Å². The highest BCUT2D eigenvalue weighted by Crippen LogP contribution is 2.37. The van der Waals surface area contributed by atoms with Crippen LogP contribution in [0.2, 0.25) is 0 Å². The van der Waals surface area contributed by atoms with Crippen LogP contribution >= 0.6 is 0 Å². The third-order valence-electron chi connectivity index (χ3n) is 3.72. The number of hydrazone groups is 1. The van der Waals surface area contributed by atoms with Gasteiger partial charge in [-0.3, -0.25) is 9.59 Å². The molecule has 0 aliphatic heterocycles. The zero-order chi connectivity index (χ0) is 22.3. The van der Waals surface area contributed by atoms with E-state index in [0.29, 0.717) is 28.9 Å². The van der Waals surface area contributed by atoms with Gasteiger partial charge in [-0.25, -0.2) is 5.43 Å². The number of carbonyl (C=O) groups excluding carboxylic acids is 2. The zero-order valence-corrected chi connectivity index (χ0v) is 16.2. The van der Waals surface area contributed by atoms with Crippen LogP contribution in [0.15, 0.2) is 41.5 Å². The molecule has 0 saturated carbocycles. The molecule has 30 heavy (non-hydrogen) atoms. The van der Waals surface area contributed by atoms with Crippen LogP contribution < -0.4 is 25.0 Å². The molecule has 2 rings (SSSR count). The molecule has 0 fully saturated rings. The highest BCUT2D eigenvalue weighted by Gasteiger charge is 2.30. The summed E-state index contributed by atoms with van der Waals surface area (Å²) in [5.41, 5.74) is 1.30. The quantitative estimate of drug-likeness (QED) is 0.421. The molecule has 0 bridgehead atoms. The third-order valence-corrected chi connectivity index (χ3v) is 3.72. The molecule has 0 spiro atoms. The second-order valence-corrected chi connectivity index (χ2v) is 5.69. The van der Waals surface area contributed by atoms with Gasteiger partial charge in [0.15, 0.2) is 11.5 Å². The number of hydrogen-bond donors (Lipinski definition) is 2. The van der Waals surface area contributed by atoms with Crippen molar-refractivity contribution in [3.8, 4) is 17.2 Å². The van der Waals surface area contributed by atoms with Gasteiger partial charge < -0.3 is 19.5 Å². The standard InChI is InChI=1S/C19H18F3N3O5/c1-28-14-7-11(8-15(29-2)16(14)30-3)10-23-25-18(27)17(26)24-13-6-4-5-12(9-13)19(20,21)22/h4-10H,1-3H3,(H,24,26)(H,25,27)/b23-10-. The van der Waals surface area contributed by atoms with Crippen molar-refractivity contribution < 1.29 is 37.0 Å². The number of amides is 2. The SMILES string of the molecule is COc1cc(/C=N\NC(=O)C(=O)Nc2cccc(C(F)(F)F)c2)cc(OC)c1OC. The largest absolute Gasteiger partial charge is 0.493 e. The molecule has 0 aliphatic carbocycles. The average molecular weight is 425 g/mol. The molecule has 0 atom stereocenters. The summed E-state index contributed by atoms with van der Waals surface area (Å²) in [5.74, 6) is -1.28. The van der Waals surface area contributed by atoms with Gasteiger partial charge in [-0.2, -0.15) is 18.3 Å². The van der Waals surface area contributed by atoms with Crippen molar-refractivity contribution in [1.29, 1.82) is 0 Å². The molecule has 160 valence electrons. The number of alkyl halides is 3. The predicted octanol–water partition coefficient (Wildman–Crippen LogP) is 2.82. The zero-order valence-electron chi connectivity index (χ0n) is 16.2. The highest BCUT2D eigenvalue weighted by atomic mass is 19.4. The van der Waals surface area contributed by atoms with Crippen LogP contribution in [-0.4, -0.2) is 39.4 Å². The highest BCUT2D eigenvalue weighted by molar-refractivity contribution is 6.39. The first-order valence-electron chi connectivity index (χ1n) is 8.31. The van der Waals surface area contributed by atoms with E-state index in [1.165, 1.54) is 33.6 Å². The fraction of sp³-hybridized carbons (Fsp3) is 0.211. The van der Waals surface area contributed by atoms with Crippen molar-refractivity contribution in [2.45, 2.75) is 6.18 Å². The van der Waals surface area contributed by atoms with Gasteiger partial charge in [-0.1, -0.05) is 6.07 Å². The maximum atomic E-state index is 12.7. The first kappa shape index (κ1) is 22.5. The van der Waals surface area contributed by atoms with Crippen LogP contribution in [0.4, 0.5) is 18.9 Å². The van der Waals surface area contributed by atoms with E-state index in [9.17, 15) is 22.8 Å². The summed E-state index contributed by atoms with van der Waals surface area (Å²) in [7, 11) is 4.30. The topological polar surface area (TPSA) is 98.2 Å². The second-order valence-electron chi connectivity index (χ2n) is 5.69. The van der Waals surface area contributed by atoms with Crippen LogP contribution in [0.3, 0.4) is 0 Å². The maximum absolute atomic E-state index is 12.7. The smallest absolute Gasteiger partial charge is 0.416 e. The van der Waals surface area contributed by atoms with Crippen LogP contribution in [0.5, 0.6) is 17.2 Å². The van der Waals surface area contributed by atoms with Gasteiger partial charge in [0.25, 0.3) is 0 Å². The fourth-order valence-corrected chi connectivity index (χ4v) is 2.35. The summed E-state index contributed by atoms with van der Waals surface area (Å²) in [6, 6.07) is 7.00. The van der Waals surface area contributed by atoms with E-state index in [1.54, 1.807) is 12.1 Å². The van der Waals surface area contributed by atoms with Gasteiger partial charge in [-0.15, -0.1) is 0 Å². The Hall–Kier alpha value is -3.76. The monoisotopic (exact) mass is 425 g/mol. The molecule has 0 aliphatic rings. The summed E-state index contributed by atoms with van der Waals surface area (Å²) in [6.45, 7) is 0. The lowest BCUT2D eigenvalue weighted by atomic mass is 10.2. The van der Waals surface area contributed by atoms with E-state index >= 15 is 0 Å². The number of anilines is 1. The number of methoxy groups -OCH3 is 3. The Morgan fingerprint density at radius 2 is 1.60 bits per heavy atom. The van der Waals surface area contributed by atoms with Gasteiger partial charge in [-0.05, 0) is 30.3 Å². The van der Waals surface area contributed by atoms with Crippen LogP contribution in [0, 0.1) is 0 Å². The molecular formula is C19H18F3N3O5. The van der Waals surface area contributed by atoms with E-state index in [4.69, 9.17) is 14.2 Å². The summed E-state index contributed by atoms with van der Waals surface area (Å²) < 4.78 is 53.7. The van der Waals surface area contributed by atoms with Crippen LogP contribution in [-0.2, 0) is 15.8 Å². The predicted molar refractivity (Wildman–Crippen MR) is 102 cm³/mol. The Balaban J connectivity index is 2.05. The number of rotatable bonds is 6. The molecular weight excluding hydrogens is 407 g/mol. The summed E-state index contributed by atoms with van der Waals surface area (Å²) in [4.78, 5) is 23.7. The molecule has 0 heterocycles. The molecule has 2 amide bonds.